The highest BCUT2D eigenvalue weighted by Crippen LogP contribution is 2.25. The zero-order valence-corrected chi connectivity index (χ0v) is 15.7. The summed E-state index contributed by atoms with van der Waals surface area (Å²) < 4.78 is 7.45. The van der Waals surface area contributed by atoms with Gasteiger partial charge >= 0.3 is 0 Å². The van der Waals surface area contributed by atoms with Crippen LogP contribution in [0.2, 0.25) is 0 Å². The van der Waals surface area contributed by atoms with Gasteiger partial charge in [0, 0.05) is 30.0 Å². The lowest BCUT2D eigenvalue weighted by molar-refractivity contribution is 0.0891. The van der Waals surface area contributed by atoms with Crippen LogP contribution in [-0.2, 0) is 0 Å². The topological polar surface area (TPSA) is 85.6 Å². The number of nitrogens with zero attached hydrogens (tertiary/aromatic N) is 3. The Labute approximate surface area is 160 Å². The highest BCUT2D eigenvalue weighted by molar-refractivity contribution is 7.15. The summed E-state index contributed by atoms with van der Waals surface area (Å²) in [5.41, 5.74) is 0.628. The molecule has 27 heavy (non-hydrogen) atoms. The number of hydrogen-bond donors (Lipinski definition) is 1. The molecule has 1 N–H and O–H groups in total. The largest absolute Gasteiger partial charge is 0.489 e. The molecular formula is C19H20N4O3S. The summed E-state index contributed by atoms with van der Waals surface area (Å²) in [7, 11) is 0. The first-order chi connectivity index (χ1) is 13.1. The van der Waals surface area contributed by atoms with E-state index in [1.54, 1.807) is 17.8 Å². The van der Waals surface area contributed by atoms with Crippen LogP contribution in [0.15, 0.2) is 40.9 Å². The van der Waals surface area contributed by atoms with Crippen LogP contribution in [0.4, 0.5) is 0 Å². The van der Waals surface area contributed by atoms with Crippen molar-refractivity contribution in [3.63, 3.8) is 0 Å². The van der Waals surface area contributed by atoms with Crippen LogP contribution < -0.4 is 15.6 Å². The number of pyridine rings is 1. The van der Waals surface area contributed by atoms with Crippen molar-refractivity contribution in [1.29, 1.82) is 0 Å². The molecule has 7 nitrogen and oxygen atoms in total. The van der Waals surface area contributed by atoms with E-state index in [0.717, 1.165) is 37.1 Å². The van der Waals surface area contributed by atoms with Gasteiger partial charge in [-0.05, 0) is 44.7 Å². The minimum absolute atomic E-state index is 0.0370. The lowest BCUT2D eigenvalue weighted by Gasteiger charge is -2.29. The van der Waals surface area contributed by atoms with Crippen molar-refractivity contribution in [2.45, 2.75) is 44.8 Å². The van der Waals surface area contributed by atoms with Gasteiger partial charge in [-0.1, -0.05) is 0 Å². The zero-order valence-electron chi connectivity index (χ0n) is 14.9. The smallest absolute Gasteiger partial charge is 0.271 e. The minimum Gasteiger partial charge on any atom is -0.489 e. The minimum atomic E-state index is -0.361. The predicted molar refractivity (Wildman–Crippen MR) is 102 cm³/mol. The highest BCUT2D eigenvalue weighted by Gasteiger charge is 2.25. The summed E-state index contributed by atoms with van der Waals surface area (Å²) in [5, 5.41) is 4.75. The molecule has 1 saturated carbocycles. The lowest BCUT2D eigenvalue weighted by Crippen LogP contribution is -2.41. The maximum absolute atomic E-state index is 12.5. The van der Waals surface area contributed by atoms with E-state index in [1.807, 2.05) is 19.1 Å². The van der Waals surface area contributed by atoms with Crippen LogP contribution in [-0.4, -0.2) is 32.4 Å². The zero-order chi connectivity index (χ0) is 18.8. The van der Waals surface area contributed by atoms with Gasteiger partial charge < -0.3 is 10.1 Å². The van der Waals surface area contributed by atoms with Gasteiger partial charge in [0.05, 0.1) is 11.8 Å². The van der Waals surface area contributed by atoms with Crippen molar-refractivity contribution in [2.75, 3.05) is 0 Å². The Bertz CT molecular complexity index is 1020. The van der Waals surface area contributed by atoms with E-state index in [4.69, 9.17) is 4.74 Å². The molecule has 3 heterocycles. The van der Waals surface area contributed by atoms with Crippen molar-refractivity contribution in [2.24, 2.45) is 0 Å². The summed E-state index contributed by atoms with van der Waals surface area (Å²) >= 11 is 1.36. The molecule has 1 aliphatic rings. The molecule has 3 aromatic rings. The lowest BCUT2D eigenvalue weighted by atomic mass is 9.92. The fourth-order valence-corrected chi connectivity index (χ4v) is 4.02. The normalized spacial score (nSPS) is 19.7. The number of amides is 1. The predicted octanol–water partition coefficient (Wildman–Crippen LogP) is 2.58. The van der Waals surface area contributed by atoms with Gasteiger partial charge in [0.25, 0.3) is 11.5 Å². The highest BCUT2D eigenvalue weighted by atomic mass is 32.1. The van der Waals surface area contributed by atoms with Gasteiger partial charge in [0.15, 0.2) is 4.96 Å². The molecule has 3 aromatic heterocycles. The summed E-state index contributed by atoms with van der Waals surface area (Å²) in [5.74, 6) is 0.453. The van der Waals surface area contributed by atoms with E-state index in [1.165, 1.54) is 21.9 Å². The molecular weight excluding hydrogens is 364 g/mol. The molecule has 4 rings (SSSR count). The second kappa shape index (κ2) is 7.48. The Morgan fingerprint density at radius 3 is 2.89 bits per heavy atom. The van der Waals surface area contributed by atoms with E-state index in [9.17, 15) is 9.59 Å². The number of carbonyl (C=O) groups excluding carboxylic acids is 1. The molecule has 0 unspecified atom stereocenters. The number of carbonyl (C=O) groups is 1. The maximum atomic E-state index is 12.5. The average molecular weight is 384 g/mol. The second-order valence-electron chi connectivity index (χ2n) is 6.68. The van der Waals surface area contributed by atoms with Gasteiger partial charge in [-0.25, -0.2) is 4.98 Å². The van der Waals surface area contributed by atoms with Gasteiger partial charge in [0.1, 0.15) is 11.3 Å². The van der Waals surface area contributed by atoms with E-state index >= 15 is 0 Å². The van der Waals surface area contributed by atoms with Crippen molar-refractivity contribution >= 4 is 22.2 Å². The molecule has 0 bridgehead atoms. The third-order valence-electron chi connectivity index (χ3n) is 4.85. The molecule has 0 saturated heterocycles. The number of ether oxygens (including phenoxy) is 1. The van der Waals surface area contributed by atoms with Gasteiger partial charge in [0.2, 0.25) is 0 Å². The van der Waals surface area contributed by atoms with E-state index in [-0.39, 0.29) is 29.2 Å². The standard InChI is InChI=1S/C19H20N4O3S/c1-12-16(3-2-8-20-12)26-14-6-4-13(5-7-14)22-17(24)15-11-21-19-23(18(15)25)9-10-27-19/h2-3,8-11,13-14H,4-7H2,1H3,(H,22,24). The molecule has 0 atom stereocenters. The van der Waals surface area contributed by atoms with Crippen molar-refractivity contribution in [3.8, 4) is 5.75 Å². The number of thiazole rings is 1. The van der Waals surface area contributed by atoms with Crippen LogP contribution in [0, 0.1) is 6.92 Å². The Morgan fingerprint density at radius 2 is 2.11 bits per heavy atom. The number of hydrogen-bond acceptors (Lipinski definition) is 6. The fourth-order valence-electron chi connectivity index (χ4n) is 3.34. The molecule has 0 aliphatic heterocycles. The van der Waals surface area contributed by atoms with E-state index in [0.29, 0.717) is 4.96 Å². The molecule has 0 spiro atoms. The van der Waals surface area contributed by atoms with Crippen LogP contribution >= 0.6 is 11.3 Å². The third kappa shape index (κ3) is 3.71. The quantitative estimate of drug-likeness (QED) is 0.747. The molecule has 0 aromatic carbocycles. The van der Waals surface area contributed by atoms with E-state index in [2.05, 4.69) is 15.3 Å². The molecule has 1 fully saturated rings. The van der Waals surface area contributed by atoms with Gasteiger partial charge in [-0.15, -0.1) is 11.3 Å². The number of rotatable bonds is 4. The Balaban J connectivity index is 1.36. The summed E-state index contributed by atoms with van der Waals surface area (Å²) in [6.45, 7) is 1.93. The van der Waals surface area contributed by atoms with Gasteiger partial charge in [-0.2, -0.15) is 0 Å². The number of aryl methyl sites for hydroxylation is 1. The number of nitrogens with one attached hydrogen (secondary N) is 1. The van der Waals surface area contributed by atoms with Crippen molar-refractivity contribution in [3.05, 3.63) is 57.7 Å². The van der Waals surface area contributed by atoms with Crippen molar-refractivity contribution < 1.29 is 9.53 Å². The SMILES string of the molecule is Cc1ncccc1OC1CCC(NC(=O)c2cnc3sccn3c2=O)CC1. The summed E-state index contributed by atoms with van der Waals surface area (Å²) in [6, 6.07) is 3.83. The second-order valence-corrected chi connectivity index (χ2v) is 7.56. The number of fused-ring (bicyclic) bond motifs is 1. The fraction of sp³-hybridized carbons (Fsp3) is 0.368. The molecule has 0 radical (unpaired) electrons. The first-order valence-corrected chi connectivity index (χ1v) is 9.84. The Kier molecular flexibility index (Phi) is 4.89. The van der Waals surface area contributed by atoms with Gasteiger partial charge in [-0.3, -0.25) is 19.0 Å². The average Bonchev–Trinajstić information content (AvgIpc) is 3.15. The number of aromatic nitrogens is 3. The first kappa shape index (κ1) is 17.7. The monoisotopic (exact) mass is 384 g/mol. The van der Waals surface area contributed by atoms with Crippen molar-refractivity contribution in [1.82, 2.24) is 19.7 Å². The maximum Gasteiger partial charge on any atom is 0.271 e. The molecule has 1 aliphatic carbocycles. The van der Waals surface area contributed by atoms with Crippen LogP contribution in [0.3, 0.4) is 0 Å². The molecule has 1 amide bonds. The van der Waals surface area contributed by atoms with Crippen LogP contribution in [0.25, 0.3) is 4.96 Å². The Hall–Kier alpha value is -2.74. The first-order valence-electron chi connectivity index (χ1n) is 8.96. The van der Waals surface area contributed by atoms with Crippen LogP contribution in [0.5, 0.6) is 5.75 Å². The molecule has 8 heteroatoms. The third-order valence-corrected chi connectivity index (χ3v) is 5.62. The molecule has 140 valence electrons. The summed E-state index contributed by atoms with van der Waals surface area (Å²) in [4.78, 5) is 33.9. The van der Waals surface area contributed by atoms with Crippen LogP contribution in [0.1, 0.15) is 41.7 Å². The summed E-state index contributed by atoms with van der Waals surface area (Å²) in [6.07, 6.45) is 8.18. The van der Waals surface area contributed by atoms with E-state index < -0.39 is 0 Å². The Morgan fingerprint density at radius 1 is 1.30 bits per heavy atom.